The van der Waals surface area contributed by atoms with Crippen molar-refractivity contribution in [3.8, 4) is 11.3 Å². The molecule has 6 heteroatoms. The molecule has 5 nitrogen and oxygen atoms in total. The lowest BCUT2D eigenvalue weighted by atomic mass is 10.2. The van der Waals surface area contributed by atoms with Crippen molar-refractivity contribution < 1.29 is 4.79 Å². The maximum Gasteiger partial charge on any atom is 0.317 e. The largest absolute Gasteiger partial charge is 0.331 e. The zero-order valence-electron chi connectivity index (χ0n) is 10.3. The number of hydrogen-bond donors (Lipinski definition) is 1. The second-order valence-electron chi connectivity index (χ2n) is 3.92. The quantitative estimate of drug-likeness (QED) is 0.920. The van der Waals surface area contributed by atoms with Gasteiger partial charge in [-0.1, -0.05) is 0 Å². The molecule has 18 heavy (non-hydrogen) atoms. The van der Waals surface area contributed by atoms with Crippen LogP contribution in [0.25, 0.3) is 11.3 Å². The molecule has 0 aliphatic carbocycles. The van der Waals surface area contributed by atoms with Crippen LogP contribution in [-0.4, -0.2) is 35.0 Å². The highest BCUT2D eigenvalue weighted by Crippen LogP contribution is 2.20. The predicted molar refractivity (Wildman–Crippen MR) is 71.3 cm³/mol. The molecular weight excluding hydrogens is 248 g/mol. The van der Waals surface area contributed by atoms with E-state index in [9.17, 15) is 4.79 Å². The van der Waals surface area contributed by atoms with E-state index in [0.717, 1.165) is 16.3 Å². The summed E-state index contributed by atoms with van der Waals surface area (Å²) in [5.41, 5.74) is 1.95. The van der Waals surface area contributed by atoms with Crippen LogP contribution in [0.5, 0.6) is 0 Å². The van der Waals surface area contributed by atoms with Crippen molar-refractivity contribution >= 4 is 17.4 Å². The van der Waals surface area contributed by atoms with E-state index in [2.05, 4.69) is 15.3 Å². The summed E-state index contributed by atoms with van der Waals surface area (Å²) in [6.07, 6.45) is 3.48. The normalized spacial score (nSPS) is 10.1. The number of thiazole rings is 1. The Bertz CT molecular complexity index is 524. The number of pyridine rings is 1. The van der Waals surface area contributed by atoms with Gasteiger partial charge in [0.1, 0.15) is 5.01 Å². The molecule has 2 aromatic heterocycles. The Morgan fingerprint density at radius 3 is 2.78 bits per heavy atom. The van der Waals surface area contributed by atoms with E-state index >= 15 is 0 Å². The summed E-state index contributed by atoms with van der Waals surface area (Å²) in [6.45, 7) is 0.451. The Labute approximate surface area is 109 Å². The number of rotatable bonds is 3. The standard InChI is InChI=1S/C12H14N4OS/c1-16(2)12(17)14-7-11-15-10(8-18-11)9-3-5-13-6-4-9/h3-6,8H,7H2,1-2H3,(H,14,17). The van der Waals surface area contributed by atoms with Crippen molar-refractivity contribution in [1.29, 1.82) is 0 Å². The average molecular weight is 262 g/mol. The lowest BCUT2D eigenvalue weighted by molar-refractivity contribution is 0.217. The van der Waals surface area contributed by atoms with Gasteiger partial charge in [0.2, 0.25) is 0 Å². The molecule has 2 rings (SSSR count). The number of nitrogens with one attached hydrogen (secondary N) is 1. The number of carbonyl (C=O) groups excluding carboxylic acids is 1. The lowest BCUT2D eigenvalue weighted by Gasteiger charge is -2.10. The fourth-order valence-electron chi connectivity index (χ4n) is 1.36. The molecule has 0 radical (unpaired) electrons. The zero-order valence-corrected chi connectivity index (χ0v) is 11.1. The SMILES string of the molecule is CN(C)C(=O)NCc1nc(-c2ccncc2)cs1. The Morgan fingerprint density at radius 1 is 1.39 bits per heavy atom. The number of hydrogen-bond acceptors (Lipinski definition) is 4. The van der Waals surface area contributed by atoms with Gasteiger partial charge in [-0.2, -0.15) is 0 Å². The summed E-state index contributed by atoms with van der Waals surface area (Å²) in [6, 6.07) is 3.71. The van der Waals surface area contributed by atoms with Crippen LogP contribution in [0.4, 0.5) is 4.79 Å². The summed E-state index contributed by atoms with van der Waals surface area (Å²) < 4.78 is 0. The second kappa shape index (κ2) is 5.59. The highest BCUT2D eigenvalue weighted by Gasteiger charge is 2.07. The van der Waals surface area contributed by atoms with Crippen LogP contribution in [0.1, 0.15) is 5.01 Å². The number of urea groups is 1. The van der Waals surface area contributed by atoms with E-state index in [1.807, 2.05) is 17.5 Å². The van der Waals surface area contributed by atoms with Crippen molar-refractivity contribution in [3.63, 3.8) is 0 Å². The van der Waals surface area contributed by atoms with Gasteiger partial charge in [-0.25, -0.2) is 9.78 Å². The number of aromatic nitrogens is 2. The van der Waals surface area contributed by atoms with E-state index in [0.29, 0.717) is 6.54 Å². The van der Waals surface area contributed by atoms with Crippen molar-refractivity contribution in [2.75, 3.05) is 14.1 Å². The topological polar surface area (TPSA) is 58.1 Å². The second-order valence-corrected chi connectivity index (χ2v) is 4.86. The third-order valence-corrected chi connectivity index (χ3v) is 3.17. The molecule has 0 atom stereocenters. The van der Waals surface area contributed by atoms with Crippen LogP contribution in [0.15, 0.2) is 29.9 Å². The van der Waals surface area contributed by atoms with E-state index in [4.69, 9.17) is 0 Å². The fraction of sp³-hybridized carbons (Fsp3) is 0.250. The van der Waals surface area contributed by atoms with Crippen LogP contribution >= 0.6 is 11.3 Å². The highest BCUT2D eigenvalue weighted by molar-refractivity contribution is 7.09. The summed E-state index contributed by atoms with van der Waals surface area (Å²) in [5, 5.41) is 5.65. The van der Waals surface area contributed by atoms with Crippen LogP contribution in [-0.2, 0) is 6.54 Å². The summed E-state index contributed by atoms with van der Waals surface area (Å²) in [7, 11) is 3.42. The third-order valence-electron chi connectivity index (χ3n) is 2.32. The molecule has 0 aliphatic rings. The van der Waals surface area contributed by atoms with Gasteiger partial charge in [0.25, 0.3) is 0 Å². The maximum absolute atomic E-state index is 11.4. The van der Waals surface area contributed by atoms with Gasteiger partial charge >= 0.3 is 6.03 Å². The minimum absolute atomic E-state index is 0.115. The fourth-order valence-corrected chi connectivity index (χ4v) is 2.10. The van der Waals surface area contributed by atoms with E-state index in [-0.39, 0.29) is 6.03 Å². The van der Waals surface area contributed by atoms with Gasteiger partial charge < -0.3 is 10.2 Å². The third kappa shape index (κ3) is 3.04. The van der Waals surface area contributed by atoms with Crippen LogP contribution in [0.3, 0.4) is 0 Å². The van der Waals surface area contributed by atoms with Crippen molar-refractivity contribution in [2.45, 2.75) is 6.54 Å². The van der Waals surface area contributed by atoms with Crippen LogP contribution < -0.4 is 5.32 Å². The monoisotopic (exact) mass is 262 g/mol. The van der Waals surface area contributed by atoms with Crippen LogP contribution in [0.2, 0.25) is 0 Å². The first kappa shape index (κ1) is 12.5. The van der Waals surface area contributed by atoms with E-state index in [1.165, 1.54) is 16.2 Å². The molecule has 0 bridgehead atoms. The highest BCUT2D eigenvalue weighted by atomic mass is 32.1. The number of amides is 2. The van der Waals surface area contributed by atoms with Gasteiger partial charge in [-0.15, -0.1) is 11.3 Å². The van der Waals surface area contributed by atoms with Gasteiger partial charge in [0.15, 0.2) is 0 Å². The summed E-state index contributed by atoms with van der Waals surface area (Å²) in [4.78, 5) is 21.3. The number of nitrogens with zero attached hydrogens (tertiary/aromatic N) is 3. The average Bonchev–Trinajstić information content (AvgIpc) is 2.85. The van der Waals surface area contributed by atoms with E-state index in [1.54, 1.807) is 26.5 Å². The van der Waals surface area contributed by atoms with Gasteiger partial charge in [0, 0.05) is 37.4 Å². The van der Waals surface area contributed by atoms with Crippen LogP contribution in [0, 0.1) is 0 Å². The molecule has 0 saturated carbocycles. The Kier molecular flexibility index (Phi) is 3.88. The molecule has 2 heterocycles. The van der Waals surface area contributed by atoms with Crippen molar-refractivity contribution in [1.82, 2.24) is 20.2 Å². The first-order chi connectivity index (χ1) is 8.66. The Hall–Kier alpha value is -1.95. The van der Waals surface area contributed by atoms with Crippen molar-refractivity contribution in [3.05, 3.63) is 34.9 Å². The number of carbonyl (C=O) groups is 1. The molecular formula is C12H14N4OS. The lowest BCUT2D eigenvalue weighted by Crippen LogP contribution is -2.33. The molecule has 0 spiro atoms. The Morgan fingerprint density at radius 2 is 2.11 bits per heavy atom. The Balaban J connectivity index is 2.01. The zero-order chi connectivity index (χ0) is 13.0. The molecule has 0 unspecified atom stereocenters. The predicted octanol–water partition coefficient (Wildman–Crippen LogP) is 1.98. The first-order valence-electron chi connectivity index (χ1n) is 5.47. The minimum atomic E-state index is -0.115. The summed E-state index contributed by atoms with van der Waals surface area (Å²) in [5.74, 6) is 0. The molecule has 2 aromatic rings. The van der Waals surface area contributed by atoms with Crippen molar-refractivity contribution in [2.24, 2.45) is 0 Å². The molecule has 1 N–H and O–H groups in total. The van der Waals surface area contributed by atoms with Gasteiger partial charge in [0.05, 0.1) is 12.2 Å². The van der Waals surface area contributed by atoms with Gasteiger partial charge in [-0.05, 0) is 12.1 Å². The molecule has 94 valence electrons. The van der Waals surface area contributed by atoms with Gasteiger partial charge in [-0.3, -0.25) is 4.98 Å². The summed E-state index contributed by atoms with van der Waals surface area (Å²) >= 11 is 1.53. The molecule has 2 amide bonds. The minimum Gasteiger partial charge on any atom is -0.331 e. The maximum atomic E-state index is 11.4. The van der Waals surface area contributed by atoms with E-state index < -0.39 is 0 Å². The molecule has 0 fully saturated rings. The molecule has 0 saturated heterocycles. The first-order valence-corrected chi connectivity index (χ1v) is 6.35. The molecule has 0 aliphatic heterocycles. The smallest absolute Gasteiger partial charge is 0.317 e. The molecule has 0 aromatic carbocycles.